The van der Waals surface area contributed by atoms with Crippen molar-refractivity contribution >= 4 is 51.0 Å². The third kappa shape index (κ3) is 13.1. The number of amides is 2. The molecule has 13 heteroatoms. The Morgan fingerprint density at radius 2 is 1.58 bits per heavy atom. The number of benzene rings is 1. The normalized spacial score (nSPS) is 11.3. The third-order valence-electron chi connectivity index (χ3n) is 3.94. The first kappa shape index (κ1) is 30.7. The summed E-state index contributed by atoms with van der Waals surface area (Å²) in [5.41, 5.74) is 0. The highest BCUT2D eigenvalue weighted by Crippen LogP contribution is 2.25. The molecule has 1 aromatic carbocycles. The Kier molecular flexibility index (Phi) is 13.7. The van der Waals surface area contributed by atoms with Crippen molar-refractivity contribution in [1.82, 2.24) is 15.1 Å². The zero-order valence-electron chi connectivity index (χ0n) is 18.8. The zero-order valence-corrected chi connectivity index (χ0v) is 21.1. The van der Waals surface area contributed by atoms with Crippen molar-refractivity contribution in [2.75, 3.05) is 39.5 Å². The van der Waals surface area contributed by atoms with Crippen molar-refractivity contribution in [1.29, 1.82) is 0 Å². The number of carboxylic acids is 2. The van der Waals surface area contributed by atoms with Crippen LogP contribution in [0.5, 0.6) is 0 Å². The molecule has 0 bridgehead atoms. The molecule has 0 saturated carbocycles. The molecule has 0 radical (unpaired) electrons. The van der Waals surface area contributed by atoms with Crippen LogP contribution in [0, 0.1) is 0 Å². The van der Waals surface area contributed by atoms with E-state index in [0.717, 1.165) is 0 Å². The molecule has 0 aliphatic rings. The van der Waals surface area contributed by atoms with Gasteiger partial charge in [-0.2, -0.15) is 0 Å². The van der Waals surface area contributed by atoms with Gasteiger partial charge in [-0.25, -0.2) is 22.8 Å². The van der Waals surface area contributed by atoms with Crippen LogP contribution >= 0.6 is 23.2 Å². The molecule has 0 atom stereocenters. The predicted octanol–water partition coefficient (Wildman–Crippen LogP) is 2.46. The number of urea groups is 1. The number of halogens is 2. The SMILES string of the molecule is CC(C)N(CCS(=O)(=O)c1ccc(Cl)c(Cl)c1)C(=O)NCCN(C)C.O=C(O)C=CC(=O)O. The molecular formula is C20H29Cl2N3O7S. The molecule has 0 unspecified atom stereocenters. The quantitative estimate of drug-likeness (QED) is 0.395. The molecule has 1 aromatic rings. The fourth-order valence-electron chi connectivity index (χ4n) is 2.23. The van der Waals surface area contributed by atoms with E-state index in [4.69, 9.17) is 33.4 Å². The molecule has 0 aliphatic heterocycles. The molecule has 0 heterocycles. The highest BCUT2D eigenvalue weighted by molar-refractivity contribution is 7.91. The van der Waals surface area contributed by atoms with E-state index in [1.165, 1.54) is 23.1 Å². The molecule has 0 aromatic heterocycles. The monoisotopic (exact) mass is 525 g/mol. The third-order valence-corrected chi connectivity index (χ3v) is 6.37. The first-order valence-corrected chi connectivity index (χ1v) is 12.1. The lowest BCUT2D eigenvalue weighted by atomic mass is 10.3. The van der Waals surface area contributed by atoms with E-state index < -0.39 is 21.8 Å². The van der Waals surface area contributed by atoms with E-state index >= 15 is 0 Å². The molecule has 0 saturated heterocycles. The van der Waals surface area contributed by atoms with Crippen LogP contribution in [0.2, 0.25) is 10.0 Å². The van der Waals surface area contributed by atoms with Crippen molar-refractivity contribution in [3.05, 3.63) is 40.4 Å². The van der Waals surface area contributed by atoms with Crippen LogP contribution in [0.4, 0.5) is 4.79 Å². The molecule has 1 rings (SSSR count). The Balaban J connectivity index is 0.00000109. The largest absolute Gasteiger partial charge is 0.478 e. The number of sulfone groups is 1. The minimum absolute atomic E-state index is 0.0913. The van der Waals surface area contributed by atoms with Gasteiger partial charge in [0.05, 0.1) is 20.7 Å². The summed E-state index contributed by atoms with van der Waals surface area (Å²) >= 11 is 11.7. The van der Waals surface area contributed by atoms with E-state index in [0.29, 0.717) is 30.3 Å². The second-order valence-electron chi connectivity index (χ2n) is 7.23. The number of carbonyl (C=O) groups is 3. The van der Waals surface area contributed by atoms with E-state index in [-0.39, 0.29) is 34.3 Å². The number of carbonyl (C=O) groups excluding carboxylic acids is 1. The van der Waals surface area contributed by atoms with Crippen molar-refractivity contribution < 1.29 is 33.0 Å². The number of hydrogen-bond donors (Lipinski definition) is 3. The van der Waals surface area contributed by atoms with Gasteiger partial charge in [0.1, 0.15) is 0 Å². The van der Waals surface area contributed by atoms with Gasteiger partial charge in [-0.3, -0.25) is 0 Å². The number of nitrogens with one attached hydrogen (secondary N) is 1. The first-order chi connectivity index (χ1) is 15.2. The van der Waals surface area contributed by atoms with Crippen LogP contribution < -0.4 is 5.32 Å². The molecule has 2 amide bonds. The van der Waals surface area contributed by atoms with Gasteiger partial charge in [-0.15, -0.1) is 0 Å². The Hall–Kier alpha value is -2.34. The minimum atomic E-state index is -3.57. The lowest BCUT2D eigenvalue weighted by Gasteiger charge is -2.27. The van der Waals surface area contributed by atoms with Crippen molar-refractivity contribution in [3.8, 4) is 0 Å². The van der Waals surface area contributed by atoms with Crippen LogP contribution in [0.15, 0.2) is 35.2 Å². The fraction of sp³-hybridized carbons (Fsp3) is 0.450. The first-order valence-electron chi connectivity index (χ1n) is 9.68. The summed E-state index contributed by atoms with van der Waals surface area (Å²) in [6.07, 6.45) is 1.12. The maximum atomic E-state index is 12.5. The van der Waals surface area contributed by atoms with Crippen LogP contribution in [0.25, 0.3) is 0 Å². The Labute approximate surface area is 203 Å². The molecular weight excluding hydrogens is 497 g/mol. The number of aliphatic carboxylic acids is 2. The molecule has 3 N–H and O–H groups in total. The van der Waals surface area contributed by atoms with E-state index in [1.54, 1.807) is 0 Å². The maximum absolute atomic E-state index is 12.5. The second kappa shape index (κ2) is 14.7. The van der Waals surface area contributed by atoms with E-state index in [2.05, 4.69) is 5.32 Å². The maximum Gasteiger partial charge on any atom is 0.328 e. The van der Waals surface area contributed by atoms with Gasteiger partial charge in [0.25, 0.3) is 0 Å². The minimum Gasteiger partial charge on any atom is -0.478 e. The summed E-state index contributed by atoms with van der Waals surface area (Å²) < 4.78 is 25.0. The lowest BCUT2D eigenvalue weighted by Crippen LogP contribution is -2.47. The molecule has 33 heavy (non-hydrogen) atoms. The summed E-state index contributed by atoms with van der Waals surface area (Å²) in [4.78, 5) is 34.9. The predicted molar refractivity (Wildman–Crippen MR) is 127 cm³/mol. The molecule has 0 aliphatic carbocycles. The van der Waals surface area contributed by atoms with Gasteiger partial charge < -0.3 is 25.3 Å². The average molecular weight is 526 g/mol. The van der Waals surface area contributed by atoms with Crippen molar-refractivity contribution in [2.45, 2.75) is 24.8 Å². The Morgan fingerprint density at radius 1 is 1.03 bits per heavy atom. The summed E-state index contributed by atoms with van der Waals surface area (Å²) in [6.45, 7) is 4.98. The second-order valence-corrected chi connectivity index (χ2v) is 10.2. The number of likely N-dealkylation sites (N-methyl/N-ethyl adjacent to an activating group) is 1. The molecule has 186 valence electrons. The van der Waals surface area contributed by atoms with E-state index in [9.17, 15) is 22.8 Å². The molecule has 10 nitrogen and oxygen atoms in total. The highest BCUT2D eigenvalue weighted by atomic mass is 35.5. The highest BCUT2D eigenvalue weighted by Gasteiger charge is 2.22. The van der Waals surface area contributed by atoms with Gasteiger partial charge in [0.15, 0.2) is 9.84 Å². The van der Waals surface area contributed by atoms with Crippen LogP contribution in [-0.4, -0.2) is 91.9 Å². The molecule has 0 spiro atoms. The van der Waals surface area contributed by atoms with Crippen LogP contribution in [0.1, 0.15) is 13.8 Å². The number of nitrogens with zero attached hydrogens (tertiary/aromatic N) is 2. The summed E-state index contributed by atoms with van der Waals surface area (Å²) in [6, 6.07) is 3.80. The van der Waals surface area contributed by atoms with E-state index in [1.807, 2.05) is 32.8 Å². The fourth-order valence-corrected chi connectivity index (χ4v) is 3.84. The van der Waals surface area contributed by atoms with Crippen LogP contribution in [0.3, 0.4) is 0 Å². The number of hydrogen-bond acceptors (Lipinski definition) is 6. The summed E-state index contributed by atoms with van der Waals surface area (Å²) in [5.74, 6) is -2.70. The zero-order chi connectivity index (χ0) is 25.8. The lowest BCUT2D eigenvalue weighted by molar-refractivity contribution is -0.134. The van der Waals surface area contributed by atoms with Gasteiger partial charge in [-0.1, -0.05) is 23.2 Å². The Morgan fingerprint density at radius 3 is 2.00 bits per heavy atom. The summed E-state index contributed by atoms with van der Waals surface area (Å²) in [7, 11) is 0.257. The smallest absolute Gasteiger partial charge is 0.328 e. The van der Waals surface area contributed by atoms with Crippen molar-refractivity contribution in [2.24, 2.45) is 0 Å². The summed E-state index contributed by atoms with van der Waals surface area (Å²) in [5, 5.41) is 18.9. The van der Waals surface area contributed by atoms with Gasteiger partial charge in [-0.05, 0) is 46.1 Å². The average Bonchev–Trinajstić information content (AvgIpc) is 2.68. The Bertz CT molecular complexity index is 935. The van der Waals surface area contributed by atoms with Crippen molar-refractivity contribution in [3.63, 3.8) is 0 Å². The standard InChI is InChI=1S/C16H25Cl2N3O3S.C4H4O4/c1-12(2)21(16(22)19-7-8-20(3)4)9-10-25(23,24)13-5-6-14(17)15(18)11-13;5-3(6)1-2-4(7)8/h5-6,11-12H,7-10H2,1-4H3,(H,19,22);1-2H,(H,5,6)(H,7,8). The van der Waals surface area contributed by atoms with Gasteiger partial charge >= 0.3 is 18.0 Å². The van der Waals surface area contributed by atoms with Crippen LogP contribution in [-0.2, 0) is 19.4 Å². The topological polar surface area (TPSA) is 144 Å². The number of carboxylic acid groups (broad SMARTS) is 2. The van der Waals surface area contributed by atoms with Gasteiger partial charge in [0, 0.05) is 37.8 Å². The number of rotatable bonds is 10. The molecule has 0 fully saturated rings. The van der Waals surface area contributed by atoms with Gasteiger partial charge in [0.2, 0.25) is 0 Å².